The largest absolute Gasteiger partial charge is 0.488 e. The Balaban J connectivity index is 1.41. The molecule has 44 heavy (non-hydrogen) atoms. The van der Waals surface area contributed by atoms with E-state index in [0.717, 1.165) is 16.5 Å². The van der Waals surface area contributed by atoms with Gasteiger partial charge in [-0.1, -0.05) is 25.1 Å². The molecule has 2 aromatic carbocycles. The molecular formula is C31H38N6O6S. The number of fused-ring (bicyclic) bond motifs is 2. The number of imidazole rings is 1. The number of hydrogen-bond donors (Lipinski definition) is 2. The van der Waals surface area contributed by atoms with Crippen LogP contribution in [0.4, 0.5) is 5.69 Å². The van der Waals surface area contributed by atoms with E-state index in [-0.39, 0.29) is 60.2 Å². The molecule has 0 fully saturated rings. The van der Waals surface area contributed by atoms with E-state index in [1.807, 2.05) is 49.0 Å². The van der Waals surface area contributed by atoms with Crippen LogP contribution in [0.25, 0.3) is 10.9 Å². The fourth-order valence-corrected chi connectivity index (χ4v) is 6.64. The van der Waals surface area contributed by atoms with E-state index in [2.05, 4.69) is 10.3 Å². The summed E-state index contributed by atoms with van der Waals surface area (Å²) >= 11 is 0. The van der Waals surface area contributed by atoms with Crippen LogP contribution in [-0.2, 0) is 35.3 Å². The van der Waals surface area contributed by atoms with Crippen molar-refractivity contribution >= 4 is 38.4 Å². The third-order valence-corrected chi connectivity index (χ3v) is 9.78. The van der Waals surface area contributed by atoms with Gasteiger partial charge in [-0.15, -0.1) is 0 Å². The molecule has 0 aliphatic carbocycles. The van der Waals surface area contributed by atoms with Gasteiger partial charge < -0.3 is 29.2 Å². The minimum atomic E-state index is -3.89. The van der Waals surface area contributed by atoms with Gasteiger partial charge >= 0.3 is 0 Å². The number of benzene rings is 2. The van der Waals surface area contributed by atoms with Crippen LogP contribution < -0.4 is 10.1 Å². The van der Waals surface area contributed by atoms with Crippen LogP contribution in [0, 0.1) is 5.92 Å². The number of sulfonamides is 1. The molecule has 234 valence electrons. The van der Waals surface area contributed by atoms with Crippen molar-refractivity contribution in [3.05, 3.63) is 72.3 Å². The summed E-state index contributed by atoms with van der Waals surface area (Å²) in [6.07, 6.45) is 4.30. The zero-order valence-corrected chi connectivity index (χ0v) is 26.3. The predicted octanol–water partition coefficient (Wildman–Crippen LogP) is 2.63. The van der Waals surface area contributed by atoms with Gasteiger partial charge in [0.05, 0.1) is 37.5 Å². The van der Waals surface area contributed by atoms with Crippen LogP contribution in [0.2, 0.25) is 0 Å². The van der Waals surface area contributed by atoms with E-state index < -0.39 is 22.2 Å². The molecule has 0 saturated carbocycles. The van der Waals surface area contributed by atoms with Gasteiger partial charge in [-0.3, -0.25) is 9.59 Å². The first kappa shape index (κ1) is 31.2. The van der Waals surface area contributed by atoms with Gasteiger partial charge in [0.25, 0.3) is 15.9 Å². The average Bonchev–Trinajstić information content (AvgIpc) is 3.58. The quantitative estimate of drug-likeness (QED) is 0.293. The molecule has 0 saturated heterocycles. The lowest BCUT2D eigenvalue weighted by Crippen LogP contribution is -2.50. The molecule has 5 rings (SSSR count). The van der Waals surface area contributed by atoms with Gasteiger partial charge in [0.15, 0.2) is 5.03 Å². The van der Waals surface area contributed by atoms with Crippen molar-refractivity contribution in [3.8, 4) is 5.75 Å². The van der Waals surface area contributed by atoms with Crippen LogP contribution in [-0.4, -0.2) is 87.6 Å². The number of rotatable bonds is 9. The molecule has 3 heterocycles. The van der Waals surface area contributed by atoms with E-state index in [1.54, 1.807) is 41.6 Å². The number of anilines is 1. The SMILES string of the molecule is C[C@@H]1CN([C@@H](C)CO)C(=O)c2cc(NC(=O)Cc3cn(C)c4ccccc34)ccc2O[C@H]1CN(C)S(=O)(=O)c1cn(C)cn1. The summed E-state index contributed by atoms with van der Waals surface area (Å²) in [6.45, 7) is 3.59. The molecule has 4 aromatic rings. The molecule has 2 amide bonds. The first-order valence-electron chi connectivity index (χ1n) is 14.4. The second-order valence-corrected chi connectivity index (χ2v) is 13.5. The normalized spacial score (nSPS) is 18.1. The monoisotopic (exact) mass is 622 g/mol. The van der Waals surface area contributed by atoms with Crippen molar-refractivity contribution in [2.24, 2.45) is 20.0 Å². The topological polar surface area (TPSA) is 139 Å². The fraction of sp³-hybridized carbons (Fsp3) is 0.387. The summed E-state index contributed by atoms with van der Waals surface area (Å²) in [6, 6.07) is 12.2. The highest BCUT2D eigenvalue weighted by Gasteiger charge is 2.35. The molecule has 2 aromatic heterocycles. The van der Waals surface area contributed by atoms with E-state index >= 15 is 0 Å². The lowest BCUT2D eigenvalue weighted by Gasteiger charge is -2.38. The summed E-state index contributed by atoms with van der Waals surface area (Å²) < 4.78 is 37.5. The molecule has 3 atom stereocenters. The highest BCUT2D eigenvalue weighted by Crippen LogP contribution is 2.31. The van der Waals surface area contributed by atoms with Gasteiger partial charge in [0.1, 0.15) is 11.9 Å². The number of aliphatic hydroxyl groups is 1. The zero-order valence-electron chi connectivity index (χ0n) is 25.5. The Morgan fingerprint density at radius 3 is 2.66 bits per heavy atom. The van der Waals surface area contributed by atoms with Crippen molar-refractivity contribution < 1.29 is 27.9 Å². The Morgan fingerprint density at radius 1 is 1.20 bits per heavy atom. The van der Waals surface area contributed by atoms with Crippen molar-refractivity contribution in [2.75, 3.05) is 32.1 Å². The Bertz CT molecular complexity index is 1800. The van der Waals surface area contributed by atoms with Crippen molar-refractivity contribution in [3.63, 3.8) is 0 Å². The molecule has 12 nitrogen and oxygen atoms in total. The Morgan fingerprint density at radius 2 is 1.95 bits per heavy atom. The number of nitrogens with zero attached hydrogens (tertiary/aromatic N) is 5. The number of ether oxygens (including phenoxy) is 1. The standard InChI is InChI=1S/C31H38N6O6S/c1-20-14-37(21(2)18-38)31(40)25-13-23(33-29(39)12-22-15-35(4)26-9-7-6-8-24(22)26)10-11-27(25)43-28(20)16-36(5)44(41,42)30-17-34(3)19-32-30/h6-11,13,15,17,19-21,28,38H,12,14,16,18H2,1-5H3,(H,33,39)/t20-,21+,28+/m1/s1. The molecule has 1 aliphatic heterocycles. The van der Waals surface area contributed by atoms with E-state index in [1.165, 1.54) is 23.9 Å². The Hall–Kier alpha value is -4.20. The number of para-hydroxylation sites is 1. The highest BCUT2D eigenvalue weighted by atomic mass is 32.2. The number of carbonyl (C=O) groups is 2. The summed E-state index contributed by atoms with van der Waals surface area (Å²) in [5, 5.41) is 13.8. The van der Waals surface area contributed by atoms with Crippen molar-refractivity contribution in [2.45, 2.75) is 37.4 Å². The molecule has 13 heteroatoms. The molecule has 0 radical (unpaired) electrons. The van der Waals surface area contributed by atoms with E-state index in [0.29, 0.717) is 5.69 Å². The number of aromatic nitrogens is 3. The van der Waals surface area contributed by atoms with E-state index in [4.69, 9.17) is 4.74 Å². The molecule has 0 spiro atoms. The van der Waals surface area contributed by atoms with Crippen molar-refractivity contribution in [1.82, 2.24) is 23.3 Å². The smallest absolute Gasteiger partial charge is 0.261 e. The number of likely N-dealkylation sites (N-methyl/N-ethyl adjacent to an activating group) is 1. The van der Waals surface area contributed by atoms with Crippen LogP contribution in [0.1, 0.15) is 29.8 Å². The van der Waals surface area contributed by atoms with Gasteiger partial charge in [0, 0.05) is 62.6 Å². The van der Waals surface area contributed by atoms with Gasteiger partial charge in [-0.25, -0.2) is 13.4 Å². The molecule has 1 aliphatic rings. The summed E-state index contributed by atoms with van der Waals surface area (Å²) in [4.78, 5) is 32.5. The number of nitrogens with one attached hydrogen (secondary N) is 1. The number of aryl methyl sites for hydroxylation is 2. The van der Waals surface area contributed by atoms with Crippen molar-refractivity contribution in [1.29, 1.82) is 0 Å². The number of aliphatic hydroxyl groups excluding tert-OH is 1. The maximum atomic E-state index is 13.8. The average molecular weight is 623 g/mol. The maximum Gasteiger partial charge on any atom is 0.261 e. The minimum Gasteiger partial charge on any atom is -0.488 e. The maximum absolute atomic E-state index is 13.8. The summed E-state index contributed by atoms with van der Waals surface area (Å²) in [5.41, 5.74) is 2.54. The second kappa shape index (κ2) is 12.4. The van der Waals surface area contributed by atoms with E-state index in [9.17, 15) is 23.1 Å². The number of amides is 2. The first-order chi connectivity index (χ1) is 20.9. The first-order valence-corrected chi connectivity index (χ1v) is 15.8. The van der Waals surface area contributed by atoms with Crippen LogP contribution in [0.5, 0.6) is 5.75 Å². The third-order valence-electron chi connectivity index (χ3n) is 8.07. The lowest BCUT2D eigenvalue weighted by molar-refractivity contribution is -0.115. The summed E-state index contributed by atoms with van der Waals surface area (Å²) in [7, 11) is 1.20. The molecule has 0 unspecified atom stereocenters. The minimum absolute atomic E-state index is 0.00142. The van der Waals surface area contributed by atoms with Gasteiger partial charge in [0.2, 0.25) is 5.91 Å². The number of hydrogen-bond acceptors (Lipinski definition) is 7. The molecular weight excluding hydrogens is 584 g/mol. The third kappa shape index (κ3) is 6.21. The van der Waals surface area contributed by atoms with Gasteiger partial charge in [-0.05, 0) is 36.8 Å². The number of carbonyl (C=O) groups excluding carboxylic acids is 2. The van der Waals surface area contributed by atoms with Gasteiger partial charge in [-0.2, -0.15) is 4.31 Å². The molecule has 2 N–H and O–H groups in total. The van der Waals surface area contributed by atoms with Crippen LogP contribution >= 0.6 is 0 Å². The lowest BCUT2D eigenvalue weighted by atomic mass is 9.99. The highest BCUT2D eigenvalue weighted by molar-refractivity contribution is 7.89. The fourth-order valence-electron chi connectivity index (χ4n) is 5.50. The summed E-state index contributed by atoms with van der Waals surface area (Å²) in [5.74, 6) is -0.625. The van der Waals surface area contributed by atoms with Crippen LogP contribution in [0.3, 0.4) is 0 Å². The Labute approximate surface area is 256 Å². The second-order valence-electron chi connectivity index (χ2n) is 11.5. The molecule has 0 bridgehead atoms. The predicted molar refractivity (Wildman–Crippen MR) is 166 cm³/mol. The Kier molecular flexibility index (Phi) is 8.82. The zero-order chi connectivity index (χ0) is 31.8. The van der Waals surface area contributed by atoms with Crippen LogP contribution in [0.15, 0.2) is 66.2 Å².